The average molecular weight is 217 g/mol. The summed E-state index contributed by atoms with van der Waals surface area (Å²) in [4.78, 5) is 3.76. The van der Waals surface area contributed by atoms with Gasteiger partial charge in [0.25, 0.3) is 0 Å². The smallest absolute Gasteiger partial charge is 0.141 e. The molecule has 1 aromatic heterocycles. The van der Waals surface area contributed by atoms with Gasteiger partial charge in [-0.3, -0.25) is 4.98 Å². The summed E-state index contributed by atoms with van der Waals surface area (Å²) in [5, 5.41) is 3.20. The van der Waals surface area contributed by atoms with E-state index in [2.05, 4.69) is 10.3 Å². The zero-order chi connectivity index (χ0) is 10.2. The molecule has 0 aliphatic carbocycles. The number of aromatic nitrogens is 1. The predicted molar refractivity (Wildman–Crippen MR) is 55.9 cm³/mol. The van der Waals surface area contributed by atoms with Crippen molar-refractivity contribution in [3.8, 4) is 0 Å². The third-order valence-electron chi connectivity index (χ3n) is 1.83. The molecule has 1 aromatic rings. The normalized spacial score (nSPS) is 10.4. The summed E-state index contributed by atoms with van der Waals surface area (Å²) in [7, 11) is 0. The van der Waals surface area contributed by atoms with Crippen molar-refractivity contribution in [3.63, 3.8) is 0 Å². The largest absolute Gasteiger partial charge is 0.313 e. The number of hydrogen-bond acceptors (Lipinski definition) is 2. The van der Waals surface area contributed by atoms with Crippen LogP contribution in [0.4, 0.5) is 4.39 Å². The van der Waals surface area contributed by atoms with Crippen LogP contribution in [0.3, 0.4) is 0 Å². The third-order valence-corrected chi connectivity index (χ3v) is 2.10. The highest BCUT2D eigenvalue weighted by Gasteiger charge is 1.95. The molecular formula is C10H14ClFN2. The highest BCUT2D eigenvalue weighted by Crippen LogP contribution is 2.00. The Morgan fingerprint density at radius 2 is 2.21 bits per heavy atom. The molecule has 0 aromatic carbocycles. The van der Waals surface area contributed by atoms with E-state index >= 15 is 0 Å². The van der Waals surface area contributed by atoms with E-state index in [0.717, 1.165) is 24.9 Å². The standard InChI is InChI=1S/C10H14ClFN2/c11-3-1-2-4-13-6-9-5-10(12)8-14-7-9/h5,7-8,13H,1-4,6H2. The Bertz CT molecular complexity index is 268. The van der Waals surface area contributed by atoms with Gasteiger partial charge < -0.3 is 5.32 Å². The minimum atomic E-state index is -0.287. The number of alkyl halides is 1. The van der Waals surface area contributed by atoms with Gasteiger partial charge in [-0.1, -0.05) is 0 Å². The van der Waals surface area contributed by atoms with Crippen molar-refractivity contribution < 1.29 is 4.39 Å². The molecule has 4 heteroatoms. The number of halogens is 2. The van der Waals surface area contributed by atoms with Crippen LogP contribution in [0.15, 0.2) is 18.5 Å². The summed E-state index contributed by atoms with van der Waals surface area (Å²) in [6.45, 7) is 1.57. The molecule has 0 saturated carbocycles. The molecule has 0 radical (unpaired) electrons. The first-order chi connectivity index (χ1) is 6.83. The quantitative estimate of drug-likeness (QED) is 0.583. The van der Waals surface area contributed by atoms with Crippen LogP contribution in [0.5, 0.6) is 0 Å². The van der Waals surface area contributed by atoms with Crippen LogP contribution in [-0.4, -0.2) is 17.4 Å². The van der Waals surface area contributed by atoms with Crippen molar-refractivity contribution in [2.45, 2.75) is 19.4 Å². The molecule has 0 amide bonds. The van der Waals surface area contributed by atoms with Gasteiger partial charge in [-0.05, 0) is 31.0 Å². The lowest BCUT2D eigenvalue weighted by molar-refractivity contribution is 0.607. The Balaban J connectivity index is 2.18. The Morgan fingerprint density at radius 1 is 1.36 bits per heavy atom. The fourth-order valence-electron chi connectivity index (χ4n) is 1.13. The number of nitrogens with zero attached hydrogens (tertiary/aromatic N) is 1. The predicted octanol–water partition coefficient (Wildman–Crippen LogP) is 2.33. The number of pyridine rings is 1. The summed E-state index contributed by atoms with van der Waals surface area (Å²) < 4.78 is 12.7. The second-order valence-electron chi connectivity index (χ2n) is 3.08. The molecular weight excluding hydrogens is 203 g/mol. The molecule has 2 nitrogen and oxygen atoms in total. The molecule has 0 saturated heterocycles. The Hall–Kier alpha value is -0.670. The van der Waals surface area contributed by atoms with Gasteiger partial charge in [-0.25, -0.2) is 4.39 Å². The summed E-state index contributed by atoms with van der Waals surface area (Å²) in [5.74, 6) is 0.411. The van der Waals surface area contributed by atoms with E-state index in [1.807, 2.05) is 0 Å². The van der Waals surface area contributed by atoms with Gasteiger partial charge in [-0.15, -0.1) is 11.6 Å². The van der Waals surface area contributed by atoms with Crippen molar-refractivity contribution in [2.75, 3.05) is 12.4 Å². The maximum atomic E-state index is 12.7. The molecule has 0 aliphatic heterocycles. The zero-order valence-corrected chi connectivity index (χ0v) is 8.73. The third kappa shape index (κ3) is 4.53. The van der Waals surface area contributed by atoms with Crippen LogP contribution in [0.2, 0.25) is 0 Å². The molecule has 14 heavy (non-hydrogen) atoms. The van der Waals surface area contributed by atoms with Crippen molar-refractivity contribution in [1.29, 1.82) is 0 Å². The lowest BCUT2D eigenvalue weighted by atomic mass is 10.2. The van der Waals surface area contributed by atoms with Crippen LogP contribution in [0.1, 0.15) is 18.4 Å². The summed E-state index contributed by atoms with van der Waals surface area (Å²) >= 11 is 5.53. The molecule has 0 fully saturated rings. The molecule has 1 rings (SSSR count). The first kappa shape index (κ1) is 11.4. The fourth-order valence-corrected chi connectivity index (χ4v) is 1.32. The topological polar surface area (TPSA) is 24.9 Å². The maximum Gasteiger partial charge on any atom is 0.141 e. The molecule has 0 unspecified atom stereocenters. The molecule has 0 aliphatic rings. The van der Waals surface area contributed by atoms with Gasteiger partial charge in [0.05, 0.1) is 6.20 Å². The monoisotopic (exact) mass is 216 g/mol. The van der Waals surface area contributed by atoms with Gasteiger partial charge in [0, 0.05) is 18.6 Å². The van der Waals surface area contributed by atoms with Gasteiger partial charge in [-0.2, -0.15) is 0 Å². The van der Waals surface area contributed by atoms with E-state index < -0.39 is 0 Å². The lowest BCUT2D eigenvalue weighted by Crippen LogP contribution is -2.15. The first-order valence-electron chi connectivity index (χ1n) is 4.69. The van der Waals surface area contributed by atoms with Crippen molar-refractivity contribution in [1.82, 2.24) is 10.3 Å². The Kier molecular flexibility index (Phi) is 5.49. The van der Waals surface area contributed by atoms with Crippen LogP contribution >= 0.6 is 11.6 Å². The van der Waals surface area contributed by atoms with Crippen molar-refractivity contribution >= 4 is 11.6 Å². The van der Waals surface area contributed by atoms with Gasteiger partial charge in [0.2, 0.25) is 0 Å². The van der Waals surface area contributed by atoms with E-state index in [1.165, 1.54) is 12.3 Å². The zero-order valence-electron chi connectivity index (χ0n) is 7.97. The Labute approximate surface area is 88.5 Å². The first-order valence-corrected chi connectivity index (χ1v) is 5.22. The highest BCUT2D eigenvalue weighted by molar-refractivity contribution is 6.17. The van der Waals surface area contributed by atoms with E-state index in [0.29, 0.717) is 12.4 Å². The molecule has 1 heterocycles. The molecule has 1 N–H and O–H groups in total. The number of rotatable bonds is 6. The second kappa shape index (κ2) is 6.74. The van der Waals surface area contributed by atoms with Gasteiger partial charge in [0.15, 0.2) is 0 Å². The van der Waals surface area contributed by atoms with Crippen molar-refractivity contribution in [3.05, 3.63) is 29.8 Å². The van der Waals surface area contributed by atoms with Crippen LogP contribution in [-0.2, 0) is 6.54 Å². The van der Waals surface area contributed by atoms with Crippen LogP contribution in [0.25, 0.3) is 0 Å². The maximum absolute atomic E-state index is 12.7. The molecule has 0 bridgehead atoms. The van der Waals surface area contributed by atoms with Gasteiger partial charge >= 0.3 is 0 Å². The number of hydrogen-bond donors (Lipinski definition) is 1. The highest BCUT2D eigenvalue weighted by atomic mass is 35.5. The number of nitrogens with one attached hydrogen (secondary N) is 1. The molecule has 0 atom stereocenters. The lowest BCUT2D eigenvalue weighted by Gasteiger charge is -2.03. The summed E-state index contributed by atoms with van der Waals surface area (Å²) in [6, 6.07) is 1.49. The van der Waals surface area contributed by atoms with Crippen molar-refractivity contribution in [2.24, 2.45) is 0 Å². The number of unbranched alkanes of at least 4 members (excludes halogenated alkanes) is 1. The van der Waals surface area contributed by atoms with Crippen LogP contribution < -0.4 is 5.32 Å². The Morgan fingerprint density at radius 3 is 2.93 bits per heavy atom. The minimum absolute atomic E-state index is 0.287. The minimum Gasteiger partial charge on any atom is -0.313 e. The second-order valence-corrected chi connectivity index (χ2v) is 3.46. The fraction of sp³-hybridized carbons (Fsp3) is 0.500. The van der Waals surface area contributed by atoms with E-state index in [9.17, 15) is 4.39 Å². The van der Waals surface area contributed by atoms with Crippen LogP contribution in [0, 0.1) is 5.82 Å². The summed E-state index contributed by atoms with van der Waals surface area (Å²) in [6.07, 6.45) is 4.93. The molecule has 0 spiro atoms. The SMILES string of the molecule is Fc1cncc(CNCCCCCl)c1. The van der Waals surface area contributed by atoms with E-state index in [4.69, 9.17) is 11.6 Å². The van der Waals surface area contributed by atoms with Gasteiger partial charge in [0.1, 0.15) is 5.82 Å². The molecule has 78 valence electrons. The average Bonchev–Trinajstić information content (AvgIpc) is 2.18. The van der Waals surface area contributed by atoms with E-state index in [1.54, 1.807) is 6.20 Å². The summed E-state index contributed by atoms with van der Waals surface area (Å²) in [5.41, 5.74) is 0.871. The van der Waals surface area contributed by atoms with E-state index in [-0.39, 0.29) is 5.82 Å².